The fourth-order valence-corrected chi connectivity index (χ4v) is 88.0. The number of hydrogen-bond donors (Lipinski definition) is 0. The summed E-state index contributed by atoms with van der Waals surface area (Å²) < 4.78 is 0. The van der Waals surface area contributed by atoms with Crippen LogP contribution in [0.4, 0.5) is 0 Å². The van der Waals surface area contributed by atoms with Crippen molar-refractivity contribution in [3.8, 4) is 0 Å². The average molecular weight is 314 g/mol. The van der Waals surface area contributed by atoms with E-state index in [4.69, 9.17) is 0 Å². The van der Waals surface area contributed by atoms with Crippen LogP contribution in [0.3, 0.4) is 0 Å². The molecule has 66 valence electrons. The molecular weight excluding hydrogens is 303 g/mol. The van der Waals surface area contributed by atoms with E-state index in [1.54, 1.807) is 48.2 Å². The number of rotatable bonds is 0. The van der Waals surface area contributed by atoms with Crippen LogP contribution in [0.15, 0.2) is 0 Å². The first kappa shape index (κ1) is 4.40. The van der Waals surface area contributed by atoms with E-state index >= 15 is 0 Å². The predicted molar refractivity (Wildman–Crippen MR) is 52.9 cm³/mol. The van der Waals surface area contributed by atoms with E-state index in [0.29, 0.717) is 0 Å². The third kappa shape index (κ3) is 0.0292. The van der Waals surface area contributed by atoms with Gasteiger partial charge in [-0.2, -0.15) is 0 Å². The second-order valence-electron chi connectivity index (χ2n) is 9.58. The molecule has 10 heterocycles. The van der Waals surface area contributed by atoms with Crippen molar-refractivity contribution in [3.05, 3.63) is 0 Å². The Morgan fingerprint density at radius 1 is 0.417 bits per heavy atom. The summed E-state index contributed by atoms with van der Waals surface area (Å²) in [6.45, 7) is -2.28. The van der Waals surface area contributed by atoms with E-state index < -0.39 is 6.51 Å². The van der Waals surface area contributed by atoms with Gasteiger partial charge in [0.2, 0.25) is 0 Å². The van der Waals surface area contributed by atoms with Gasteiger partial charge in [-0.1, -0.05) is 0 Å². The minimum absolute atomic E-state index is 0. The average Bonchev–Trinajstić information content (AvgIpc) is 3.01. The van der Waals surface area contributed by atoms with Crippen molar-refractivity contribution < 1.29 is 6.51 Å². The second-order valence-corrected chi connectivity index (χ2v) is 33.5. The molecule has 0 aromatic carbocycles. The third-order valence-electron chi connectivity index (χ3n) is 14.5. The summed E-state index contributed by atoms with van der Waals surface area (Å²) in [4.78, 5) is 15.9. The molecule has 0 saturated carbocycles. The van der Waals surface area contributed by atoms with E-state index in [1.807, 2.05) is 0 Å². The zero-order valence-electron chi connectivity index (χ0n) is 6.54. The molecule has 12 heavy (non-hydrogen) atoms. The first-order chi connectivity index (χ1) is 5.16. The number of fused-ring (bicyclic) bond motifs is 10. The molecule has 10 rings (SSSR count). The first-order valence-electron chi connectivity index (χ1n) is 5.37. The Morgan fingerprint density at radius 3 is 0.583 bits per heavy atom. The normalized spacial score (nSPS) is 157. The van der Waals surface area contributed by atoms with Gasteiger partial charge in [-0.3, -0.25) is 0 Å². The summed E-state index contributed by atoms with van der Waals surface area (Å²) in [6.07, 6.45) is 0. The Bertz CT molecular complexity index is 577. The summed E-state index contributed by atoms with van der Waals surface area (Å²) in [5, 5.41) is 0. The molecule has 0 aromatic heterocycles. The van der Waals surface area contributed by atoms with Crippen LogP contribution in [-0.4, -0.2) is 0 Å². The van der Waals surface area contributed by atoms with Crippen molar-refractivity contribution in [1.82, 2.24) is 0 Å². The van der Waals surface area contributed by atoms with E-state index in [0.717, 1.165) is 0 Å². The van der Waals surface area contributed by atoms with Gasteiger partial charge in [0, 0.05) is 0 Å². The molecule has 10 fully saturated rings. The first-order valence-corrected chi connectivity index (χ1v) is 11.7. The topological polar surface area (TPSA) is 0 Å². The molecule has 0 nitrogen and oxygen atoms in total. The zero-order valence-corrected chi connectivity index (χ0v) is 9.97. The fraction of sp³-hybridized carbons (Fsp3) is 1.00. The van der Waals surface area contributed by atoms with Crippen LogP contribution < -0.4 is 0 Å². The molecular formula is C10H11FeI. The molecule has 0 radical (unpaired) electrons. The Kier molecular flexibility index (Phi) is 0.0978. The Balaban J connectivity index is 0.000000400. The predicted octanol–water partition coefficient (Wildman–Crippen LogP) is 3.99. The summed E-state index contributed by atoms with van der Waals surface area (Å²) in [5.41, 5.74) is 0. The van der Waals surface area contributed by atoms with Crippen LogP contribution in [0.2, 0.25) is 48.2 Å². The van der Waals surface area contributed by atoms with Crippen LogP contribution in [0.1, 0.15) is 0 Å². The molecule has 0 aliphatic carbocycles. The van der Waals surface area contributed by atoms with Crippen LogP contribution >= 0.6 is 24.0 Å². The van der Waals surface area contributed by atoms with Crippen LogP contribution in [-0.2, 0) is 6.51 Å². The molecule has 0 atom stereocenters. The molecule has 0 N–H and O–H groups in total. The molecule has 10 aliphatic rings. The molecule has 10 saturated heterocycles. The van der Waals surface area contributed by atoms with Crippen molar-refractivity contribution in [2.45, 2.75) is 48.2 Å². The van der Waals surface area contributed by atoms with Crippen molar-refractivity contribution in [3.63, 3.8) is 0 Å². The van der Waals surface area contributed by atoms with Crippen molar-refractivity contribution >= 4 is 24.0 Å². The third-order valence-corrected chi connectivity index (χ3v) is 56.5. The molecule has 0 amide bonds. The van der Waals surface area contributed by atoms with E-state index in [1.165, 1.54) is 0 Å². The van der Waals surface area contributed by atoms with Gasteiger partial charge < -0.3 is 0 Å². The summed E-state index contributed by atoms with van der Waals surface area (Å²) in [6, 6.07) is 0. The molecule has 0 unspecified atom stereocenters. The Labute approximate surface area is 78.2 Å². The molecule has 10 aliphatic heterocycles. The second kappa shape index (κ2) is 0.267. The van der Waals surface area contributed by atoms with Gasteiger partial charge in [0.25, 0.3) is 0 Å². The van der Waals surface area contributed by atoms with Crippen LogP contribution in [0.25, 0.3) is 0 Å². The van der Waals surface area contributed by atoms with E-state index in [-0.39, 0.29) is 24.0 Å². The van der Waals surface area contributed by atoms with Crippen LogP contribution in [0.5, 0.6) is 0 Å². The SMILES string of the molecule is I.[CH]12[CH]3[CH]4[CH]5[CH]1[Fe]23451678[CH]2[CH]1[CH]6[CH]7[CH]28. The molecule has 0 bridgehead atoms. The minimum atomic E-state index is -2.28. The Hall–Kier alpha value is 1.25. The maximum absolute atomic E-state index is 2.28. The van der Waals surface area contributed by atoms with Crippen molar-refractivity contribution in [2.24, 2.45) is 0 Å². The summed E-state index contributed by atoms with van der Waals surface area (Å²) >= 11 is 0. The Morgan fingerprint density at radius 2 is 0.583 bits per heavy atom. The van der Waals surface area contributed by atoms with Gasteiger partial charge >= 0.3 is 54.7 Å². The van der Waals surface area contributed by atoms with Gasteiger partial charge in [0.15, 0.2) is 0 Å². The zero-order chi connectivity index (χ0) is 6.09. The van der Waals surface area contributed by atoms with Gasteiger partial charge in [-0.05, 0) is 0 Å². The number of halogens is 1. The van der Waals surface area contributed by atoms with E-state index in [2.05, 4.69) is 0 Å². The molecule has 0 aromatic rings. The van der Waals surface area contributed by atoms with Crippen molar-refractivity contribution in [1.29, 1.82) is 0 Å². The maximum atomic E-state index is 1.59. The van der Waals surface area contributed by atoms with Crippen LogP contribution in [0, 0.1) is 0 Å². The quantitative estimate of drug-likeness (QED) is 0.468. The van der Waals surface area contributed by atoms with Crippen molar-refractivity contribution in [2.75, 3.05) is 0 Å². The molecule has 2 heteroatoms. The number of hydrogen-bond acceptors (Lipinski definition) is 0. The van der Waals surface area contributed by atoms with Gasteiger partial charge in [-0.15, -0.1) is 24.0 Å². The monoisotopic (exact) mass is 314 g/mol. The fourth-order valence-electron chi connectivity index (χ4n) is 15.8. The van der Waals surface area contributed by atoms with Gasteiger partial charge in [0.1, 0.15) is 0 Å². The molecule has 1 spiro atoms. The van der Waals surface area contributed by atoms with E-state index in [9.17, 15) is 0 Å². The summed E-state index contributed by atoms with van der Waals surface area (Å²) in [7, 11) is 0. The van der Waals surface area contributed by atoms with Gasteiger partial charge in [-0.25, -0.2) is 0 Å². The summed E-state index contributed by atoms with van der Waals surface area (Å²) in [5.74, 6) is 0. The standard InChI is InChI=1S/2C5H5.Fe.HI/c2*1-2-4-5-3-1;;/h2*1-5H;;1H. The van der Waals surface area contributed by atoms with Gasteiger partial charge in [0.05, 0.1) is 0 Å².